The Morgan fingerprint density at radius 2 is 1.63 bits per heavy atom. The maximum Gasteiger partial charge on any atom is 0.306 e. The molecular formula is C34H46N2O5. The molecule has 2 atom stereocenters. The zero-order valence-corrected chi connectivity index (χ0v) is 25.1. The van der Waals surface area contributed by atoms with Crippen molar-refractivity contribution >= 4 is 11.9 Å². The first kappa shape index (κ1) is 29.4. The second kappa shape index (κ2) is 12.8. The molecule has 4 bridgehead atoms. The number of rotatable bonds is 13. The van der Waals surface area contributed by atoms with Gasteiger partial charge in [0.25, 0.3) is 0 Å². The number of hydrogen-bond donors (Lipinski definition) is 1. The number of carbonyl (C=O) groups excluding carboxylic acids is 2. The molecule has 4 aliphatic rings. The number of nitrogens with one attached hydrogen (secondary N) is 1. The van der Waals surface area contributed by atoms with Crippen molar-refractivity contribution in [3.05, 3.63) is 59.7 Å². The van der Waals surface area contributed by atoms with E-state index < -0.39 is 12.3 Å². The summed E-state index contributed by atoms with van der Waals surface area (Å²) in [6, 6.07) is 16.1. The lowest BCUT2D eigenvalue weighted by atomic mass is 9.53. The minimum absolute atomic E-state index is 0.0260. The van der Waals surface area contributed by atoms with Crippen LogP contribution in [0, 0.1) is 17.8 Å². The first-order valence-corrected chi connectivity index (χ1v) is 15.3. The average Bonchev–Trinajstić information content (AvgIpc) is 2.93. The number of ether oxygens (including phenoxy) is 3. The van der Waals surface area contributed by atoms with Crippen molar-refractivity contribution in [1.82, 2.24) is 10.2 Å². The summed E-state index contributed by atoms with van der Waals surface area (Å²) in [6.45, 7) is 1.84. The fourth-order valence-electron chi connectivity index (χ4n) is 7.85. The minimum Gasteiger partial charge on any atom is -0.497 e. The first-order chi connectivity index (χ1) is 19.7. The van der Waals surface area contributed by atoms with Gasteiger partial charge >= 0.3 is 5.97 Å². The van der Waals surface area contributed by atoms with E-state index in [1.54, 1.807) is 7.11 Å². The van der Waals surface area contributed by atoms with Crippen LogP contribution < -0.4 is 14.8 Å². The lowest BCUT2D eigenvalue weighted by Gasteiger charge is -2.56. The van der Waals surface area contributed by atoms with Gasteiger partial charge < -0.3 is 19.5 Å². The Balaban J connectivity index is 1.12. The molecule has 0 radical (unpaired) electrons. The van der Waals surface area contributed by atoms with Gasteiger partial charge in [-0.15, -0.1) is 0 Å². The van der Waals surface area contributed by atoms with Crippen molar-refractivity contribution in [1.29, 1.82) is 0 Å². The zero-order chi connectivity index (χ0) is 29.0. The smallest absolute Gasteiger partial charge is 0.306 e. The van der Waals surface area contributed by atoms with Crippen LogP contribution >= 0.6 is 0 Å². The molecule has 222 valence electrons. The molecular weight excluding hydrogens is 516 g/mol. The van der Waals surface area contributed by atoms with Gasteiger partial charge in [0, 0.05) is 12.0 Å². The second-order valence-corrected chi connectivity index (χ2v) is 12.9. The van der Waals surface area contributed by atoms with Gasteiger partial charge in [-0.1, -0.05) is 30.3 Å². The van der Waals surface area contributed by atoms with E-state index in [-0.39, 0.29) is 30.3 Å². The van der Waals surface area contributed by atoms with Crippen LogP contribution in [0.5, 0.6) is 11.5 Å². The molecule has 2 aromatic carbocycles. The summed E-state index contributed by atoms with van der Waals surface area (Å²) in [5.41, 5.74) is 2.24. The third-order valence-corrected chi connectivity index (χ3v) is 9.26. The number of likely N-dealkylation sites (N-methyl/N-ethyl adjacent to an activating group) is 1. The molecule has 1 amide bonds. The van der Waals surface area contributed by atoms with Crippen LogP contribution in [0.15, 0.2) is 48.5 Å². The summed E-state index contributed by atoms with van der Waals surface area (Å²) in [5.74, 6) is 3.52. The molecule has 4 saturated carbocycles. The van der Waals surface area contributed by atoms with Crippen LogP contribution in [0.1, 0.15) is 69.4 Å². The monoisotopic (exact) mass is 562 g/mol. The lowest BCUT2D eigenvalue weighted by molar-refractivity contribution is -0.158. The van der Waals surface area contributed by atoms with Crippen LogP contribution in [0.3, 0.4) is 0 Å². The van der Waals surface area contributed by atoms with Gasteiger partial charge in [-0.2, -0.15) is 0 Å². The second-order valence-electron chi connectivity index (χ2n) is 12.9. The van der Waals surface area contributed by atoms with Gasteiger partial charge in [-0.25, -0.2) is 0 Å². The molecule has 0 heterocycles. The average molecular weight is 563 g/mol. The molecule has 0 aromatic heterocycles. The molecule has 7 heteroatoms. The van der Waals surface area contributed by atoms with Crippen LogP contribution in [0.25, 0.3) is 0 Å². The highest BCUT2D eigenvalue weighted by Crippen LogP contribution is 2.55. The van der Waals surface area contributed by atoms with E-state index in [1.807, 2.05) is 56.3 Å². The summed E-state index contributed by atoms with van der Waals surface area (Å²) in [5, 5.41) is 3.36. The van der Waals surface area contributed by atoms with E-state index in [0.29, 0.717) is 0 Å². The third kappa shape index (κ3) is 7.42. The van der Waals surface area contributed by atoms with Crippen molar-refractivity contribution in [2.24, 2.45) is 17.8 Å². The molecule has 1 N–H and O–H groups in total. The summed E-state index contributed by atoms with van der Waals surface area (Å²) in [6.07, 6.45) is 8.21. The van der Waals surface area contributed by atoms with E-state index in [9.17, 15) is 9.59 Å². The summed E-state index contributed by atoms with van der Waals surface area (Å²) < 4.78 is 17.6. The van der Waals surface area contributed by atoms with Crippen molar-refractivity contribution in [2.45, 2.75) is 89.0 Å². The maximum atomic E-state index is 12.9. The van der Waals surface area contributed by atoms with E-state index >= 15 is 0 Å². The van der Waals surface area contributed by atoms with E-state index in [2.05, 4.69) is 23.5 Å². The number of nitrogens with zero attached hydrogens (tertiary/aromatic N) is 1. The number of hydrogen-bond acceptors (Lipinski definition) is 6. The van der Waals surface area contributed by atoms with Crippen molar-refractivity contribution in [3.63, 3.8) is 0 Å². The third-order valence-electron chi connectivity index (χ3n) is 9.26. The number of carbonyl (C=O) groups is 2. The Kier molecular flexibility index (Phi) is 9.22. The molecule has 4 aliphatic carbocycles. The van der Waals surface area contributed by atoms with Crippen LogP contribution in [-0.2, 0) is 27.2 Å². The molecule has 1 unspecified atom stereocenters. The highest BCUT2D eigenvalue weighted by Gasteiger charge is 2.51. The SMILES string of the molecule is COc1cccc(CCc2ccccc2O[C@@H](C(C)OC(=O)CCC(=O)NC23CC4CC(CC(C4)C2)C3)N(C)C)c1. The minimum atomic E-state index is -0.518. The quantitative estimate of drug-likeness (QED) is 0.255. The topological polar surface area (TPSA) is 77.1 Å². The first-order valence-electron chi connectivity index (χ1n) is 15.3. The lowest BCUT2D eigenvalue weighted by Crippen LogP contribution is -2.59. The normalized spacial score (nSPS) is 25.9. The van der Waals surface area contributed by atoms with Crippen LogP contribution in [-0.4, -0.2) is 55.9 Å². The van der Waals surface area contributed by atoms with E-state index in [4.69, 9.17) is 14.2 Å². The summed E-state index contributed by atoms with van der Waals surface area (Å²) in [7, 11) is 5.50. The molecule has 6 rings (SSSR count). The number of esters is 1. The van der Waals surface area contributed by atoms with E-state index in [1.165, 1.54) is 24.8 Å². The highest BCUT2D eigenvalue weighted by molar-refractivity contribution is 5.82. The van der Waals surface area contributed by atoms with Crippen LogP contribution in [0.4, 0.5) is 0 Å². The number of aryl methyl sites for hydroxylation is 2. The van der Waals surface area contributed by atoms with Gasteiger partial charge in [-0.05, 0) is 119 Å². The molecule has 7 nitrogen and oxygen atoms in total. The standard InChI is InChI=1S/C34H46N2O5/c1-23(40-32(38)15-14-31(37)35-34-20-25-16-26(21-34)18-27(17-25)22-34)33(36(2)3)41-30-11-6-5-9-28(30)13-12-24-8-7-10-29(19-24)39-4/h5-11,19,23,25-27,33H,12-18,20-22H2,1-4H3,(H,35,37)/t23?,25?,26?,27?,33-,34?/m0/s1. The van der Waals surface area contributed by atoms with Gasteiger partial charge in [0.05, 0.1) is 13.5 Å². The molecule has 0 spiro atoms. The van der Waals surface area contributed by atoms with Crippen molar-refractivity contribution < 1.29 is 23.8 Å². The fourth-order valence-corrected chi connectivity index (χ4v) is 7.85. The van der Waals surface area contributed by atoms with Gasteiger partial charge in [-0.3, -0.25) is 14.5 Å². The molecule has 0 aliphatic heterocycles. The fraction of sp³-hybridized carbons (Fsp3) is 0.588. The Labute approximate surface area is 244 Å². The Bertz CT molecular complexity index is 1180. The van der Waals surface area contributed by atoms with Gasteiger partial charge in [0.1, 0.15) is 17.6 Å². The largest absolute Gasteiger partial charge is 0.497 e. The Hall–Kier alpha value is -3.06. The van der Waals surface area contributed by atoms with Crippen molar-refractivity contribution in [3.8, 4) is 11.5 Å². The number of para-hydroxylation sites is 1. The summed E-state index contributed by atoms with van der Waals surface area (Å²) >= 11 is 0. The number of amides is 1. The highest BCUT2D eigenvalue weighted by atomic mass is 16.6. The molecule has 2 aromatic rings. The number of benzene rings is 2. The zero-order valence-electron chi connectivity index (χ0n) is 25.1. The van der Waals surface area contributed by atoms with E-state index in [0.717, 1.165) is 66.9 Å². The van der Waals surface area contributed by atoms with Gasteiger partial charge in [0.15, 0.2) is 6.23 Å². The maximum absolute atomic E-state index is 12.9. The Morgan fingerprint density at radius 3 is 2.29 bits per heavy atom. The van der Waals surface area contributed by atoms with Crippen molar-refractivity contribution in [2.75, 3.05) is 21.2 Å². The van der Waals surface area contributed by atoms with Gasteiger partial charge in [0.2, 0.25) is 5.91 Å². The number of methoxy groups -OCH3 is 1. The molecule has 41 heavy (non-hydrogen) atoms. The predicted octanol–water partition coefficient (Wildman–Crippen LogP) is 5.54. The molecule has 4 fully saturated rings. The molecule has 0 saturated heterocycles. The summed E-state index contributed by atoms with van der Waals surface area (Å²) in [4.78, 5) is 27.6. The Morgan fingerprint density at radius 1 is 0.951 bits per heavy atom. The van der Waals surface area contributed by atoms with Crippen LogP contribution in [0.2, 0.25) is 0 Å². The predicted molar refractivity (Wildman–Crippen MR) is 159 cm³/mol.